The van der Waals surface area contributed by atoms with Crippen LogP contribution in [0.1, 0.15) is 21.5 Å². The minimum atomic E-state index is -0.740. The molecule has 5 nitrogen and oxygen atoms in total. The molecule has 0 saturated carbocycles. The normalized spacial score (nSPS) is 10.5. The number of carbonyl (C=O) groups excluding carboxylic acids is 1. The summed E-state index contributed by atoms with van der Waals surface area (Å²) in [4.78, 5) is 28.3. The molecule has 0 atom stereocenters. The number of carbonyl (C=O) groups is 1. The number of hydrogen-bond donors (Lipinski definition) is 1. The summed E-state index contributed by atoms with van der Waals surface area (Å²) in [6.07, 6.45) is 3.92. The molecule has 126 valence electrons. The van der Waals surface area contributed by atoms with Gasteiger partial charge in [0.2, 0.25) is 0 Å². The van der Waals surface area contributed by atoms with Crippen molar-refractivity contribution < 1.29 is 9.18 Å². The van der Waals surface area contributed by atoms with Gasteiger partial charge in [0.1, 0.15) is 5.69 Å². The van der Waals surface area contributed by atoms with Crippen molar-refractivity contribution in [3.05, 3.63) is 93.9 Å². The van der Waals surface area contributed by atoms with E-state index in [1.165, 1.54) is 22.9 Å². The molecule has 3 aromatic rings. The highest BCUT2D eigenvalue weighted by Crippen LogP contribution is 2.09. The molecular formula is C19H16FN3O2. The highest BCUT2D eigenvalue weighted by molar-refractivity contribution is 6.04. The Morgan fingerprint density at radius 3 is 2.68 bits per heavy atom. The van der Waals surface area contributed by atoms with Gasteiger partial charge in [-0.2, -0.15) is 0 Å². The zero-order chi connectivity index (χ0) is 17.8. The lowest BCUT2D eigenvalue weighted by Crippen LogP contribution is -2.26. The zero-order valence-electron chi connectivity index (χ0n) is 13.6. The first-order valence-corrected chi connectivity index (χ1v) is 7.70. The monoisotopic (exact) mass is 337 g/mol. The van der Waals surface area contributed by atoms with Crippen molar-refractivity contribution in [2.24, 2.45) is 0 Å². The van der Waals surface area contributed by atoms with E-state index in [-0.39, 0.29) is 16.8 Å². The lowest BCUT2D eigenvalue weighted by atomic mass is 10.1. The van der Waals surface area contributed by atoms with Crippen LogP contribution in [0, 0.1) is 12.7 Å². The van der Waals surface area contributed by atoms with E-state index in [2.05, 4.69) is 10.3 Å². The van der Waals surface area contributed by atoms with Crippen molar-refractivity contribution in [3.63, 3.8) is 0 Å². The van der Waals surface area contributed by atoms with E-state index >= 15 is 0 Å². The van der Waals surface area contributed by atoms with Crippen molar-refractivity contribution in [1.82, 2.24) is 9.55 Å². The summed E-state index contributed by atoms with van der Waals surface area (Å²) in [5.74, 6) is -1.43. The van der Waals surface area contributed by atoms with Crippen LogP contribution in [0.15, 0.2) is 65.8 Å². The van der Waals surface area contributed by atoms with Crippen LogP contribution in [0.5, 0.6) is 0 Å². The van der Waals surface area contributed by atoms with Crippen LogP contribution in [0.2, 0.25) is 0 Å². The fourth-order valence-electron chi connectivity index (χ4n) is 2.40. The Labute approximate surface area is 143 Å². The summed E-state index contributed by atoms with van der Waals surface area (Å²) in [6, 6.07) is 12.2. The predicted molar refractivity (Wildman–Crippen MR) is 93.1 cm³/mol. The Bertz CT molecular complexity index is 965. The Morgan fingerprint density at radius 1 is 1.20 bits per heavy atom. The number of aryl methyl sites for hydroxylation is 1. The number of aromatic nitrogens is 2. The maximum atomic E-state index is 13.6. The molecule has 0 spiro atoms. The number of halogens is 1. The van der Waals surface area contributed by atoms with Crippen LogP contribution in [-0.2, 0) is 6.54 Å². The number of pyridine rings is 2. The Balaban J connectivity index is 1.84. The molecule has 0 aliphatic heterocycles. The number of nitrogens with one attached hydrogen (secondary N) is 1. The smallest absolute Gasteiger partial charge is 0.274 e. The van der Waals surface area contributed by atoms with Crippen LogP contribution in [0.3, 0.4) is 0 Å². The van der Waals surface area contributed by atoms with Crippen molar-refractivity contribution in [2.45, 2.75) is 13.5 Å². The molecule has 0 radical (unpaired) electrons. The molecule has 0 saturated heterocycles. The van der Waals surface area contributed by atoms with Gasteiger partial charge in [-0.05, 0) is 30.7 Å². The summed E-state index contributed by atoms with van der Waals surface area (Å²) in [5, 5.41) is 2.46. The van der Waals surface area contributed by atoms with Gasteiger partial charge in [-0.15, -0.1) is 0 Å². The molecule has 6 heteroatoms. The van der Waals surface area contributed by atoms with Gasteiger partial charge < -0.3 is 9.88 Å². The second-order valence-corrected chi connectivity index (χ2v) is 5.65. The van der Waals surface area contributed by atoms with Gasteiger partial charge in [0, 0.05) is 12.4 Å². The maximum absolute atomic E-state index is 13.6. The van der Waals surface area contributed by atoms with Gasteiger partial charge in [-0.1, -0.05) is 29.8 Å². The summed E-state index contributed by atoms with van der Waals surface area (Å²) >= 11 is 0. The van der Waals surface area contributed by atoms with Gasteiger partial charge in [0.15, 0.2) is 5.82 Å². The topological polar surface area (TPSA) is 64.0 Å². The predicted octanol–water partition coefficient (Wildman–Crippen LogP) is 2.99. The highest BCUT2D eigenvalue weighted by Gasteiger charge is 2.13. The summed E-state index contributed by atoms with van der Waals surface area (Å²) in [6.45, 7) is 2.37. The fraction of sp³-hybridized carbons (Fsp3) is 0.105. The van der Waals surface area contributed by atoms with Crippen LogP contribution in [0.4, 0.5) is 10.1 Å². The molecular weight excluding hydrogens is 321 g/mol. The van der Waals surface area contributed by atoms with Crippen LogP contribution >= 0.6 is 0 Å². The van der Waals surface area contributed by atoms with Crippen molar-refractivity contribution >= 4 is 11.6 Å². The van der Waals surface area contributed by atoms with E-state index in [1.807, 2.05) is 31.2 Å². The molecule has 0 unspecified atom stereocenters. The quantitative estimate of drug-likeness (QED) is 0.796. The van der Waals surface area contributed by atoms with Gasteiger partial charge in [-0.3, -0.25) is 14.6 Å². The number of rotatable bonds is 4. The molecule has 0 fully saturated rings. The lowest BCUT2D eigenvalue weighted by Gasteiger charge is -2.10. The minimum Gasteiger partial charge on any atom is -0.317 e. The third-order valence-corrected chi connectivity index (χ3v) is 3.76. The SMILES string of the molecule is Cc1ccc(Cn2cccc(NC(=O)c3ccncc3F)c2=O)cc1. The molecule has 3 rings (SSSR count). The molecule has 25 heavy (non-hydrogen) atoms. The molecule has 1 N–H and O–H groups in total. The van der Waals surface area contributed by atoms with Gasteiger partial charge >= 0.3 is 0 Å². The van der Waals surface area contributed by atoms with Gasteiger partial charge in [0.05, 0.1) is 18.3 Å². The maximum Gasteiger partial charge on any atom is 0.274 e. The van der Waals surface area contributed by atoms with E-state index in [1.54, 1.807) is 12.3 Å². The lowest BCUT2D eigenvalue weighted by molar-refractivity contribution is 0.102. The second kappa shape index (κ2) is 7.09. The molecule has 1 amide bonds. The average molecular weight is 337 g/mol. The number of anilines is 1. The molecule has 2 heterocycles. The minimum absolute atomic E-state index is 0.0934. The Hall–Kier alpha value is -3.28. The second-order valence-electron chi connectivity index (χ2n) is 5.65. The van der Waals surface area contributed by atoms with Crippen LogP contribution < -0.4 is 10.9 Å². The Kier molecular flexibility index (Phi) is 4.70. The molecule has 1 aromatic carbocycles. The molecule has 2 aromatic heterocycles. The van der Waals surface area contributed by atoms with E-state index in [0.29, 0.717) is 6.54 Å². The molecule has 0 bridgehead atoms. The summed E-state index contributed by atoms with van der Waals surface area (Å²) in [7, 11) is 0. The van der Waals surface area contributed by atoms with Gasteiger partial charge in [0.25, 0.3) is 11.5 Å². The first kappa shape index (κ1) is 16.6. The Morgan fingerprint density at radius 2 is 1.96 bits per heavy atom. The average Bonchev–Trinajstić information content (AvgIpc) is 2.60. The molecule has 0 aliphatic rings. The largest absolute Gasteiger partial charge is 0.317 e. The fourth-order valence-corrected chi connectivity index (χ4v) is 2.40. The zero-order valence-corrected chi connectivity index (χ0v) is 13.6. The third-order valence-electron chi connectivity index (χ3n) is 3.76. The third kappa shape index (κ3) is 3.80. The number of amides is 1. The first-order valence-electron chi connectivity index (χ1n) is 7.70. The van der Waals surface area contributed by atoms with Crippen molar-refractivity contribution in [3.8, 4) is 0 Å². The van der Waals surface area contributed by atoms with Crippen molar-refractivity contribution in [1.29, 1.82) is 0 Å². The van der Waals surface area contributed by atoms with E-state index in [9.17, 15) is 14.0 Å². The van der Waals surface area contributed by atoms with E-state index in [0.717, 1.165) is 17.3 Å². The molecule has 0 aliphatic carbocycles. The first-order chi connectivity index (χ1) is 12.0. The summed E-state index contributed by atoms with van der Waals surface area (Å²) < 4.78 is 15.1. The number of benzene rings is 1. The standard InChI is InChI=1S/C19H16FN3O2/c1-13-4-6-14(7-5-13)12-23-10-2-3-17(19(23)25)22-18(24)15-8-9-21-11-16(15)20/h2-11H,12H2,1H3,(H,22,24). The summed E-state index contributed by atoms with van der Waals surface area (Å²) in [5.41, 5.74) is 1.68. The highest BCUT2D eigenvalue weighted by atomic mass is 19.1. The van der Waals surface area contributed by atoms with Crippen LogP contribution in [0.25, 0.3) is 0 Å². The van der Waals surface area contributed by atoms with E-state index < -0.39 is 11.7 Å². The van der Waals surface area contributed by atoms with E-state index in [4.69, 9.17) is 0 Å². The number of hydrogen-bond acceptors (Lipinski definition) is 3. The van der Waals surface area contributed by atoms with Crippen molar-refractivity contribution in [2.75, 3.05) is 5.32 Å². The van der Waals surface area contributed by atoms with Crippen LogP contribution in [-0.4, -0.2) is 15.5 Å². The number of nitrogens with zero attached hydrogens (tertiary/aromatic N) is 2. The van der Waals surface area contributed by atoms with Gasteiger partial charge in [-0.25, -0.2) is 4.39 Å².